The molecular formula is C15H16NO2-. The van der Waals surface area contributed by atoms with Crippen LogP contribution in [-0.2, 0) is 11.2 Å². The van der Waals surface area contributed by atoms with Crippen molar-refractivity contribution in [1.29, 1.82) is 0 Å². The number of benzene rings is 1. The van der Waals surface area contributed by atoms with E-state index < -0.39 is 5.97 Å². The molecule has 0 fully saturated rings. The maximum absolute atomic E-state index is 10.7. The molecule has 1 aromatic heterocycles. The van der Waals surface area contributed by atoms with Gasteiger partial charge in [0.15, 0.2) is 0 Å². The van der Waals surface area contributed by atoms with Crippen molar-refractivity contribution in [2.45, 2.75) is 27.2 Å². The van der Waals surface area contributed by atoms with Crippen molar-refractivity contribution in [2.24, 2.45) is 0 Å². The van der Waals surface area contributed by atoms with Crippen LogP contribution in [0.15, 0.2) is 30.3 Å². The van der Waals surface area contributed by atoms with Gasteiger partial charge >= 0.3 is 0 Å². The van der Waals surface area contributed by atoms with Crippen molar-refractivity contribution in [1.82, 2.24) is 4.57 Å². The highest BCUT2D eigenvalue weighted by Crippen LogP contribution is 2.21. The van der Waals surface area contributed by atoms with Gasteiger partial charge in [0.25, 0.3) is 0 Å². The Morgan fingerprint density at radius 1 is 1.17 bits per heavy atom. The van der Waals surface area contributed by atoms with E-state index in [0.717, 1.165) is 22.6 Å². The van der Waals surface area contributed by atoms with Crippen molar-refractivity contribution in [3.05, 3.63) is 52.8 Å². The molecule has 3 heteroatoms. The number of carboxylic acid groups (broad SMARTS) is 1. The summed E-state index contributed by atoms with van der Waals surface area (Å²) in [5.74, 6) is -1.04. The number of carboxylic acids is 1. The van der Waals surface area contributed by atoms with Gasteiger partial charge in [-0.3, -0.25) is 0 Å². The van der Waals surface area contributed by atoms with Gasteiger partial charge in [-0.25, -0.2) is 0 Å². The molecule has 94 valence electrons. The van der Waals surface area contributed by atoms with Crippen molar-refractivity contribution in [3.8, 4) is 5.69 Å². The fourth-order valence-corrected chi connectivity index (χ4v) is 2.25. The number of aryl methyl sites for hydroxylation is 2. The Balaban J connectivity index is 2.48. The summed E-state index contributed by atoms with van der Waals surface area (Å²) < 4.78 is 2.07. The van der Waals surface area contributed by atoms with Crippen LogP contribution in [0.5, 0.6) is 0 Å². The van der Waals surface area contributed by atoms with E-state index in [1.54, 1.807) is 0 Å². The fraction of sp³-hybridized carbons (Fsp3) is 0.267. The summed E-state index contributed by atoms with van der Waals surface area (Å²) in [7, 11) is 0. The summed E-state index contributed by atoms with van der Waals surface area (Å²) >= 11 is 0. The minimum atomic E-state index is -1.04. The van der Waals surface area contributed by atoms with Gasteiger partial charge in [-0.2, -0.15) is 0 Å². The molecule has 0 atom stereocenters. The summed E-state index contributed by atoms with van der Waals surface area (Å²) in [6, 6.07) is 10.1. The van der Waals surface area contributed by atoms with Gasteiger partial charge in [-0.1, -0.05) is 17.7 Å². The number of aliphatic carboxylic acids is 1. The minimum absolute atomic E-state index is 0.0362. The highest BCUT2D eigenvalue weighted by molar-refractivity contribution is 5.68. The average Bonchev–Trinajstić information content (AvgIpc) is 2.55. The van der Waals surface area contributed by atoms with Crippen LogP contribution >= 0.6 is 0 Å². The van der Waals surface area contributed by atoms with Crippen LogP contribution in [0.4, 0.5) is 0 Å². The molecule has 0 saturated carbocycles. The maximum atomic E-state index is 10.7. The lowest BCUT2D eigenvalue weighted by Crippen LogP contribution is -2.24. The third kappa shape index (κ3) is 2.30. The van der Waals surface area contributed by atoms with E-state index in [1.807, 2.05) is 51.1 Å². The van der Waals surface area contributed by atoms with Crippen LogP contribution in [0.2, 0.25) is 0 Å². The molecule has 1 aromatic carbocycles. The topological polar surface area (TPSA) is 45.1 Å². The van der Waals surface area contributed by atoms with Crippen LogP contribution in [0, 0.1) is 20.8 Å². The van der Waals surface area contributed by atoms with Crippen molar-refractivity contribution < 1.29 is 9.90 Å². The smallest absolute Gasteiger partial charge is 0.0458 e. The second-order valence-corrected chi connectivity index (χ2v) is 4.62. The van der Waals surface area contributed by atoms with E-state index >= 15 is 0 Å². The Morgan fingerprint density at radius 3 is 2.33 bits per heavy atom. The van der Waals surface area contributed by atoms with Crippen molar-refractivity contribution in [2.75, 3.05) is 0 Å². The molecule has 0 unspecified atom stereocenters. The predicted octanol–water partition coefficient (Wildman–Crippen LogP) is 1.69. The summed E-state index contributed by atoms with van der Waals surface area (Å²) in [6.07, 6.45) is -0.0362. The largest absolute Gasteiger partial charge is 0.550 e. The van der Waals surface area contributed by atoms with E-state index in [2.05, 4.69) is 4.57 Å². The highest BCUT2D eigenvalue weighted by atomic mass is 16.4. The molecule has 18 heavy (non-hydrogen) atoms. The van der Waals surface area contributed by atoms with E-state index in [-0.39, 0.29) is 6.42 Å². The van der Waals surface area contributed by atoms with Gasteiger partial charge in [0.2, 0.25) is 0 Å². The number of carbonyl (C=O) groups is 1. The van der Waals surface area contributed by atoms with Crippen LogP contribution in [0.3, 0.4) is 0 Å². The fourth-order valence-electron chi connectivity index (χ4n) is 2.25. The van der Waals surface area contributed by atoms with Crippen molar-refractivity contribution in [3.63, 3.8) is 0 Å². The van der Waals surface area contributed by atoms with E-state index in [0.29, 0.717) is 0 Å². The molecule has 0 aliphatic rings. The van der Waals surface area contributed by atoms with E-state index in [4.69, 9.17) is 0 Å². The monoisotopic (exact) mass is 242 g/mol. The van der Waals surface area contributed by atoms with Gasteiger partial charge in [-0.05, 0) is 44.5 Å². The van der Waals surface area contributed by atoms with E-state index in [9.17, 15) is 9.90 Å². The molecule has 0 saturated heterocycles. The zero-order valence-electron chi connectivity index (χ0n) is 10.9. The summed E-state index contributed by atoms with van der Waals surface area (Å²) in [5, 5.41) is 10.7. The standard InChI is InChI=1S/C15H17NO2/c1-10-4-6-14(7-5-10)16-11(2)8-13(12(16)3)9-15(17)18/h4-8H,9H2,1-3H3,(H,17,18)/p-1. The molecular weight excluding hydrogens is 226 g/mol. The first-order valence-electron chi connectivity index (χ1n) is 5.93. The average molecular weight is 242 g/mol. The van der Waals surface area contributed by atoms with Gasteiger partial charge in [0, 0.05) is 29.5 Å². The molecule has 0 spiro atoms. The Bertz CT molecular complexity index is 579. The molecule has 2 rings (SSSR count). The molecule has 0 amide bonds. The second-order valence-electron chi connectivity index (χ2n) is 4.62. The quantitative estimate of drug-likeness (QED) is 0.822. The molecule has 0 N–H and O–H groups in total. The molecule has 0 aliphatic heterocycles. The maximum Gasteiger partial charge on any atom is 0.0458 e. The lowest BCUT2D eigenvalue weighted by atomic mass is 10.2. The zero-order valence-corrected chi connectivity index (χ0v) is 10.9. The lowest BCUT2D eigenvalue weighted by molar-refractivity contribution is -0.304. The molecule has 0 radical (unpaired) electrons. The molecule has 1 heterocycles. The number of aromatic nitrogens is 1. The number of hydrogen-bond acceptors (Lipinski definition) is 2. The van der Waals surface area contributed by atoms with Crippen LogP contribution in [-0.4, -0.2) is 10.5 Å². The summed E-state index contributed by atoms with van der Waals surface area (Å²) in [5.41, 5.74) is 5.07. The van der Waals surface area contributed by atoms with Gasteiger partial charge < -0.3 is 14.5 Å². The molecule has 0 aliphatic carbocycles. The summed E-state index contributed by atoms with van der Waals surface area (Å²) in [4.78, 5) is 10.7. The third-order valence-corrected chi connectivity index (χ3v) is 3.16. The Labute approximate surface area is 107 Å². The van der Waals surface area contributed by atoms with Crippen LogP contribution in [0.25, 0.3) is 5.69 Å². The van der Waals surface area contributed by atoms with E-state index in [1.165, 1.54) is 5.56 Å². The van der Waals surface area contributed by atoms with Gasteiger partial charge in [0.05, 0.1) is 0 Å². The van der Waals surface area contributed by atoms with Gasteiger partial charge in [-0.15, -0.1) is 0 Å². The third-order valence-electron chi connectivity index (χ3n) is 3.16. The number of hydrogen-bond donors (Lipinski definition) is 0. The molecule has 0 bridgehead atoms. The first kappa shape index (κ1) is 12.4. The molecule has 3 nitrogen and oxygen atoms in total. The lowest BCUT2D eigenvalue weighted by Gasteiger charge is -2.10. The van der Waals surface area contributed by atoms with Crippen LogP contribution < -0.4 is 5.11 Å². The van der Waals surface area contributed by atoms with Crippen molar-refractivity contribution >= 4 is 5.97 Å². The first-order valence-corrected chi connectivity index (χ1v) is 5.93. The second kappa shape index (κ2) is 4.69. The first-order chi connectivity index (χ1) is 8.49. The number of rotatable bonds is 3. The zero-order chi connectivity index (χ0) is 13.3. The van der Waals surface area contributed by atoms with Gasteiger partial charge in [0.1, 0.15) is 0 Å². The normalized spacial score (nSPS) is 10.6. The Morgan fingerprint density at radius 2 is 1.78 bits per heavy atom. The predicted molar refractivity (Wildman–Crippen MR) is 68.7 cm³/mol. The number of carbonyl (C=O) groups excluding carboxylic acids is 1. The molecule has 2 aromatic rings. The SMILES string of the molecule is Cc1ccc(-n2c(C)cc(CC(=O)[O-])c2C)cc1. The Hall–Kier alpha value is -2.03. The highest BCUT2D eigenvalue weighted by Gasteiger charge is 2.10. The Kier molecular flexibility index (Phi) is 3.24. The summed E-state index contributed by atoms with van der Waals surface area (Å²) in [6.45, 7) is 5.96. The van der Waals surface area contributed by atoms with Crippen LogP contribution in [0.1, 0.15) is 22.5 Å². The number of nitrogens with zero attached hydrogens (tertiary/aromatic N) is 1. The minimum Gasteiger partial charge on any atom is -0.550 e.